The van der Waals surface area contributed by atoms with Crippen molar-refractivity contribution >= 4 is 53.2 Å². The number of nitrogens with one attached hydrogen (secondary N) is 8. The highest BCUT2D eigenvalue weighted by molar-refractivity contribution is 6.01. The molecule has 1 aromatic carbocycles. The first-order chi connectivity index (χ1) is 36.1. The molecule has 9 amide bonds. The second-order valence-corrected chi connectivity index (χ2v) is 25.4. The molecule has 2 fully saturated rings. The second-order valence-electron chi connectivity index (χ2n) is 25.4. The van der Waals surface area contributed by atoms with E-state index in [0.29, 0.717) is 38.3 Å². The molecule has 1 saturated heterocycles. The Morgan fingerprint density at radius 3 is 1.53 bits per heavy atom. The van der Waals surface area contributed by atoms with Crippen molar-refractivity contribution in [1.29, 1.82) is 0 Å². The number of benzene rings is 1. The van der Waals surface area contributed by atoms with Gasteiger partial charge in [-0.1, -0.05) is 80.6 Å². The first-order valence-electron chi connectivity index (χ1n) is 28.3. The number of rotatable bonds is 28. The predicted octanol–water partition coefficient (Wildman–Crippen LogP) is 4.87. The minimum atomic E-state index is -1.64. The Bertz CT molecular complexity index is 2230. The maximum absolute atomic E-state index is 14.5. The molecule has 1 saturated carbocycles. The summed E-state index contributed by atoms with van der Waals surface area (Å²) >= 11 is 0. The molecule has 19 nitrogen and oxygen atoms in total. The summed E-state index contributed by atoms with van der Waals surface area (Å²) in [5.41, 5.74) is -4.26. The van der Waals surface area contributed by atoms with Gasteiger partial charge in [0.1, 0.15) is 52.6 Å². The fourth-order valence-electron chi connectivity index (χ4n) is 10.1. The maximum atomic E-state index is 14.5. The van der Waals surface area contributed by atoms with E-state index in [1.807, 2.05) is 74.4 Å². The van der Waals surface area contributed by atoms with Gasteiger partial charge in [0.15, 0.2) is 0 Å². The Kier molecular flexibility index (Phi) is 25.2. The first-order valence-corrected chi connectivity index (χ1v) is 28.3. The van der Waals surface area contributed by atoms with E-state index in [-0.39, 0.29) is 54.5 Å². The average molecular weight is 1100 g/mol. The van der Waals surface area contributed by atoms with Crippen molar-refractivity contribution in [2.45, 2.75) is 220 Å². The number of amides is 9. The van der Waals surface area contributed by atoms with Crippen LogP contribution < -0.4 is 42.5 Å². The summed E-state index contributed by atoms with van der Waals surface area (Å²) in [6.45, 7) is 25.0. The third-order valence-electron chi connectivity index (χ3n) is 14.4. The Hall–Kier alpha value is -5.66. The minimum absolute atomic E-state index is 0.0226. The number of carbonyl (C=O) groups is 9. The lowest BCUT2D eigenvalue weighted by atomic mass is 9.85. The number of nitrogens with zero attached hydrogens (tertiary/aromatic N) is 2. The van der Waals surface area contributed by atoms with E-state index in [1.54, 1.807) is 13.8 Å². The molecule has 0 aromatic heterocycles. The summed E-state index contributed by atoms with van der Waals surface area (Å²) in [4.78, 5) is 129. The molecule has 1 aliphatic carbocycles. The summed E-state index contributed by atoms with van der Waals surface area (Å²) in [7, 11) is 3.76. The van der Waals surface area contributed by atoms with Gasteiger partial charge in [-0.2, -0.15) is 0 Å². The largest absolute Gasteiger partial charge is 0.350 e. The zero-order valence-electron chi connectivity index (χ0n) is 49.8. The predicted molar refractivity (Wildman–Crippen MR) is 300 cm³/mol. The van der Waals surface area contributed by atoms with Crippen LogP contribution in [0.2, 0.25) is 0 Å². The molecule has 1 aromatic rings. The van der Waals surface area contributed by atoms with Crippen LogP contribution in [0.25, 0.3) is 0 Å². The van der Waals surface area contributed by atoms with Crippen LogP contribution in [0.1, 0.15) is 178 Å². The molecule has 3 rings (SSSR count). The number of likely N-dealkylation sites (tertiary alicyclic amines) is 1. The summed E-state index contributed by atoms with van der Waals surface area (Å²) in [5.74, 6) is -5.69. The Labute approximate surface area is 464 Å². The molecule has 440 valence electrons. The highest BCUT2D eigenvalue weighted by Gasteiger charge is 2.42. The van der Waals surface area contributed by atoms with E-state index in [0.717, 1.165) is 32.1 Å². The van der Waals surface area contributed by atoms with Gasteiger partial charge in [-0.05, 0) is 155 Å². The summed E-state index contributed by atoms with van der Waals surface area (Å²) in [6.07, 6.45) is 7.13. The van der Waals surface area contributed by atoms with E-state index in [2.05, 4.69) is 42.5 Å². The Morgan fingerprint density at radius 2 is 1.04 bits per heavy atom. The van der Waals surface area contributed by atoms with Crippen molar-refractivity contribution in [3.8, 4) is 0 Å². The van der Waals surface area contributed by atoms with Crippen LogP contribution in [0.3, 0.4) is 0 Å². The molecular formula is C58H97FN10O9. The van der Waals surface area contributed by atoms with E-state index < -0.39 is 106 Å². The SMILES string of the molecule is CC(C)C[C@H](NC(=O)[C@H](CCC1CCCCC1)NC(=O)[C@@H]1C[C@H](C)CN1C(=O)c1ccc(F)cc1)C(=O)NC(C)(C)C(=O)N[C@@H](CC(C)C)C(=O)N[C@@H](CC(C)C)C(=O)NC(C)(C)C(=O)NC(C)(C)C(=O)N[C@@H](C)CN(C)C. The van der Waals surface area contributed by atoms with Crippen LogP contribution in [-0.4, -0.2) is 143 Å². The van der Waals surface area contributed by atoms with Crippen molar-refractivity contribution < 1.29 is 47.5 Å². The molecule has 0 unspecified atom stereocenters. The number of halogens is 1. The molecule has 78 heavy (non-hydrogen) atoms. The Morgan fingerprint density at radius 1 is 0.590 bits per heavy atom. The molecule has 0 spiro atoms. The lowest BCUT2D eigenvalue weighted by Crippen LogP contribution is -2.65. The number of carbonyl (C=O) groups excluding carboxylic acids is 9. The number of likely N-dealkylation sites (N-methyl/N-ethyl adjacent to an activating group) is 1. The van der Waals surface area contributed by atoms with Crippen LogP contribution >= 0.6 is 0 Å². The zero-order chi connectivity index (χ0) is 59.0. The van der Waals surface area contributed by atoms with Crippen LogP contribution in [-0.2, 0) is 38.4 Å². The van der Waals surface area contributed by atoms with Crippen molar-refractivity contribution in [2.75, 3.05) is 27.2 Å². The zero-order valence-corrected chi connectivity index (χ0v) is 49.8. The Balaban J connectivity index is 1.79. The molecule has 1 heterocycles. The summed E-state index contributed by atoms with van der Waals surface area (Å²) in [6, 6.07) is -0.431. The van der Waals surface area contributed by atoms with Crippen LogP contribution in [0.15, 0.2) is 24.3 Å². The van der Waals surface area contributed by atoms with Crippen LogP contribution in [0, 0.1) is 35.4 Å². The van der Waals surface area contributed by atoms with E-state index in [4.69, 9.17) is 0 Å². The maximum Gasteiger partial charge on any atom is 0.254 e. The van der Waals surface area contributed by atoms with E-state index >= 15 is 0 Å². The molecule has 7 atom stereocenters. The summed E-state index contributed by atoms with van der Waals surface area (Å²) in [5, 5.41) is 22.6. The van der Waals surface area contributed by atoms with Gasteiger partial charge in [0, 0.05) is 24.7 Å². The van der Waals surface area contributed by atoms with Crippen molar-refractivity contribution in [3.63, 3.8) is 0 Å². The topological polar surface area (TPSA) is 256 Å². The van der Waals surface area contributed by atoms with Gasteiger partial charge in [-0.15, -0.1) is 0 Å². The van der Waals surface area contributed by atoms with Crippen molar-refractivity contribution in [3.05, 3.63) is 35.6 Å². The molecular weight excluding hydrogens is 1000 g/mol. The van der Waals surface area contributed by atoms with Crippen molar-refractivity contribution in [2.24, 2.45) is 29.6 Å². The van der Waals surface area contributed by atoms with Gasteiger partial charge in [0.05, 0.1) is 0 Å². The van der Waals surface area contributed by atoms with Crippen molar-refractivity contribution in [1.82, 2.24) is 52.3 Å². The van der Waals surface area contributed by atoms with Crippen LogP contribution in [0.4, 0.5) is 4.39 Å². The molecule has 0 bridgehead atoms. The van der Waals surface area contributed by atoms with Gasteiger partial charge in [0.2, 0.25) is 47.3 Å². The summed E-state index contributed by atoms with van der Waals surface area (Å²) < 4.78 is 13.8. The lowest BCUT2D eigenvalue weighted by molar-refractivity contribution is -0.139. The quantitative estimate of drug-likeness (QED) is 0.0565. The highest BCUT2D eigenvalue weighted by Crippen LogP contribution is 2.29. The van der Waals surface area contributed by atoms with Gasteiger partial charge in [-0.25, -0.2) is 4.39 Å². The van der Waals surface area contributed by atoms with Gasteiger partial charge >= 0.3 is 0 Å². The lowest BCUT2D eigenvalue weighted by Gasteiger charge is -2.34. The second kappa shape index (κ2) is 29.5. The third-order valence-corrected chi connectivity index (χ3v) is 14.4. The first kappa shape index (κ1) is 66.6. The third kappa shape index (κ3) is 21.2. The minimum Gasteiger partial charge on any atom is -0.350 e. The number of hydrogen-bond donors (Lipinski definition) is 8. The average Bonchev–Trinajstić information content (AvgIpc) is 3.73. The normalized spacial score (nSPS) is 18.3. The van der Waals surface area contributed by atoms with E-state index in [1.165, 1.54) is 56.9 Å². The number of hydrogen-bond acceptors (Lipinski definition) is 10. The molecule has 20 heteroatoms. The molecule has 0 radical (unpaired) electrons. The molecule has 8 N–H and O–H groups in total. The van der Waals surface area contributed by atoms with E-state index in [9.17, 15) is 47.5 Å². The fourth-order valence-corrected chi connectivity index (χ4v) is 10.1. The fraction of sp³-hybridized carbons (Fsp3) is 0.741. The molecule has 2 aliphatic rings. The monoisotopic (exact) mass is 1100 g/mol. The van der Waals surface area contributed by atoms with Gasteiger partial charge in [-0.3, -0.25) is 43.2 Å². The van der Waals surface area contributed by atoms with Gasteiger partial charge < -0.3 is 52.3 Å². The standard InChI is InChI=1S/C58H97FN10O9/c1-34(2)28-43(48(71)63-45(30-36(5)6)50(73)66-58(13,14)55(78)67-57(11,12)53(76)60-38(8)33-68(15)16)64-54(77)56(9,10)65-49(72)44(29-35(3)4)62-47(70)42(27-22-39-20-18-17-19-21-39)61-51(74)46-31-37(7)32-69(46)52(75)40-23-25-41(59)26-24-40/h23-26,34-39,42-46H,17-22,27-33H2,1-16H3,(H,60,76)(H,61,74)(H,62,70)(H,63,71)(H,64,77)(H,65,72)(H,66,73)(H,67,78)/t37-,38-,42-,43-,44-,45-,46-/m0/s1. The smallest absolute Gasteiger partial charge is 0.254 e. The molecule has 1 aliphatic heterocycles. The highest BCUT2D eigenvalue weighted by atomic mass is 19.1. The van der Waals surface area contributed by atoms with Crippen LogP contribution in [0.5, 0.6) is 0 Å². The van der Waals surface area contributed by atoms with Gasteiger partial charge in [0.25, 0.3) is 5.91 Å².